The lowest BCUT2D eigenvalue weighted by atomic mass is 9.88. The standard InChI is InChI=1S/C17H18N2O2S2/c20-18-13-9-16(11-3-1-5-14(22)7-11)19(21)17(10-13)12-4-2-6-15(23)8-12/h1-8,16-17,20-23H,9-10H2/t16-,17+. The van der Waals surface area contributed by atoms with Gasteiger partial charge in [-0.15, -0.1) is 25.3 Å². The van der Waals surface area contributed by atoms with Crippen molar-refractivity contribution < 1.29 is 10.4 Å². The van der Waals surface area contributed by atoms with Crippen molar-refractivity contribution >= 4 is 31.0 Å². The van der Waals surface area contributed by atoms with Crippen LogP contribution in [0.25, 0.3) is 0 Å². The van der Waals surface area contributed by atoms with Gasteiger partial charge < -0.3 is 10.4 Å². The number of piperidine rings is 1. The molecule has 0 radical (unpaired) electrons. The highest BCUT2D eigenvalue weighted by atomic mass is 32.1. The molecule has 1 aliphatic heterocycles. The molecule has 0 saturated carbocycles. The van der Waals surface area contributed by atoms with Gasteiger partial charge in [-0.05, 0) is 35.4 Å². The van der Waals surface area contributed by atoms with Crippen molar-refractivity contribution in [3.8, 4) is 0 Å². The molecule has 2 atom stereocenters. The van der Waals surface area contributed by atoms with Gasteiger partial charge in [0.2, 0.25) is 0 Å². The maximum absolute atomic E-state index is 10.8. The zero-order valence-electron chi connectivity index (χ0n) is 12.4. The van der Waals surface area contributed by atoms with Gasteiger partial charge in [-0.3, -0.25) is 0 Å². The number of benzene rings is 2. The molecule has 23 heavy (non-hydrogen) atoms. The van der Waals surface area contributed by atoms with E-state index in [4.69, 9.17) is 0 Å². The average Bonchev–Trinajstić information content (AvgIpc) is 2.55. The van der Waals surface area contributed by atoms with Gasteiger partial charge in [0, 0.05) is 22.6 Å². The van der Waals surface area contributed by atoms with E-state index in [1.165, 1.54) is 5.06 Å². The Hall–Kier alpha value is -1.47. The van der Waals surface area contributed by atoms with E-state index in [9.17, 15) is 10.4 Å². The van der Waals surface area contributed by atoms with Gasteiger partial charge >= 0.3 is 0 Å². The minimum Gasteiger partial charge on any atom is -0.411 e. The molecule has 2 aromatic rings. The molecule has 120 valence electrons. The lowest BCUT2D eigenvalue weighted by molar-refractivity contribution is -0.167. The number of nitrogens with zero attached hydrogens (tertiary/aromatic N) is 2. The smallest absolute Gasteiger partial charge is 0.0660 e. The van der Waals surface area contributed by atoms with E-state index in [0.29, 0.717) is 18.6 Å². The summed E-state index contributed by atoms with van der Waals surface area (Å²) < 4.78 is 0. The van der Waals surface area contributed by atoms with Crippen LogP contribution in [0.1, 0.15) is 36.1 Å². The van der Waals surface area contributed by atoms with E-state index in [0.717, 1.165) is 20.9 Å². The summed E-state index contributed by atoms with van der Waals surface area (Å²) in [6.45, 7) is 0. The van der Waals surface area contributed by atoms with Crippen molar-refractivity contribution in [3.63, 3.8) is 0 Å². The molecule has 2 aromatic carbocycles. The molecule has 0 unspecified atom stereocenters. The fraction of sp³-hybridized carbons (Fsp3) is 0.235. The lowest BCUT2D eigenvalue weighted by Crippen LogP contribution is -2.37. The van der Waals surface area contributed by atoms with Crippen LogP contribution >= 0.6 is 25.3 Å². The normalized spacial score (nSPS) is 24.0. The molecule has 3 rings (SSSR count). The Labute approximate surface area is 146 Å². The van der Waals surface area contributed by atoms with Gasteiger partial charge in [-0.25, -0.2) is 0 Å². The molecule has 2 N–H and O–H groups in total. The molecule has 4 nitrogen and oxygen atoms in total. The average molecular weight is 346 g/mol. The van der Waals surface area contributed by atoms with Gasteiger partial charge in [-0.1, -0.05) is 29.4 Å². The molecule has 1 fully saturated rings. The number of oxime groups is 1. The Kier molecular flexibility index (Phi) is 4.96. The summed E-state index contributed by atoms with van der Waals surface area (Å²) in [5.74, 6) is 0. The van der Waals surface area contributed by atoms with E-state index in [1.807, 2.05) is 48.5 Å². The number of hydrogen-bond donors (Lipinski definition) is 4. The predicted molar refractivity (Wildman–Crippen MR) is 95.0 cm³/mol. The first kappa shape index (κ1) is 16.4. The monoisotopic (exact) mass is 346 g/mol. The van der Waals surface area contributed by atoms with Crippen LogP contribution in [0.3, 0.4) is 0 Å². The number of hydroxylamine groups is 2. The number of hydrogen-bond acceptors (Lipinski definition) is 6. The van der Waals surface area contributed by atoms with Gasteiger partial charge in [-0.2, -0.15) is 5.06 Å². The van der Waals surface area contributed by atoms with Crippen LogP contribution in [0.15, 0.2) is 63.5 Å². The van der Waals surface area contributed by atoms with E-state index in [-0.39, 0.29) is 12.1 Å². The van der Waals surface area contributed by atoms with Crippen LogP contribution < -0.4 is 0 Å². The first-order valence-corrected chi connectivity index (χ1v) is 8.23. The molecule has 0 aliphatic carbocycles. The third kappa shape index (κ3) is 3.55. The van der Waals surface area contributed by atoms with Crippen molar-refractivity contribution in [1.29, 1.82) is 0 Å². The maximum Gasteiger partial charge on any atom is 0.0660 e. The zero-order valence-corrected chi connectivity index (χ0v) is 14.2. The summed E-state index contributed by atoms with van der Waals surface area (Å²) in [4.78, 5) is 1.66. The molecule has 0 bridgehead atoms. The molecule has 0 aromatic heterocycles. The third-order valence-electron chi connectivity index (χ3n) is 4.15. The van der Waals surface area contributed by atoms with Gasteiger partial charge in [0.1, 0.15) is 0 Å². The predicted octanol–water partition coefficient (Wildman–Crippen LogP) is 4.36. The fourth-order valence-electron chi connectivity index (χ4n) is 3.02. The fourth-order valence-corrected chi connectivity index (χ4v) is 3.49. The van der Waals surface area contributed by atoms with Crippen LogP contribution in [0.5, 0.6) is 0 Å². The molecular weight excluding hydrogens is 328 g/mol. The van der Waals surface area contributed by atoms with Crippen molar-refractivity contribution in [2.24, 2.45) is 5.16 Å². The molecule has 0 spiro atoms. The number of rotatable bonds is 2. The van der Waals surface area contributed by atoms with Gasteiger partial charge in [0.05, 0.1) is 17.8 Å². The quantitative estimate of drug-likeness (QED) is 0.371. The largest absolute Gasteiger partial charge is 0.411 e. The summed E-state index contributed by atoms with van der Waals surface area (Å²) in [7, 11) is 0. The Morgan fingerprint density at radius 2 is 1.39 bits per heavy atom. The summed E-state index contributed by atoms with van der Waals surface area (Å²) in [6, 6.07) is 14.7. The maximum atomic E-state index is 10.8. The van der Waals surface area contributed by atoms with E-state index >= 15 is 0 Å². The van der Waals surface area contributed by atoms with Crippen LogP contribution in [-0.2, 0) is 0 Å². The van der Waals surface area contributed by atoms with Gasteiger partial charge in [0.25, 0.3) is 0 Å². The van der Waals surface area contributed by atoms with Crippen molar-refractivity contribution in [2.75, 3.05) is 0 Å². The molecule has 1 saturated heterocycles. The second kappa shape index (κ2) is 6.97. The van der Waals surface area contributed by atoms with Crippen molar-refractivity contribution in [3.05, 3.63) is 59.7 Å². The minimum atomic E-state index is -0.282. The van der Waals surface area contributed by atoms with E-state index in [1.54, 1.807) is 0 Å². The topological polar surface area (TPSA) is 56.1 Å². The minimum absolute atomic E-state index is 0.282. The van der Waals surface area contributed by atoms with Gasteiger partial charge in [0.15, 0.2) is 0 Å². The Bertz CT molecular complexity index is 679. The Morgan fingerprint density at radius 1 is 0.913 bits per heavy atom. The highest BCUT2D eigenvalue weighted by Gasteiger charge is 2.35. The Morgan fingerprint density at radius 3 is 1.78 bits per heavy atom. The first-order chi connectivity index (χ1) is 11.1. The lowest BCUT2D eigenvalue weighted by Gasteiger charge is -2.38. The second-order valence-corrected chi connectivity index (χ2v) is 6.71. The van der Waals surface area contributed by atoms with Crippen LogP contribution in [0.2, 0.25) is 0 Å². The highest BCUT2D eigenvalue weighted by Crippen LogP contribution is 2.39. The molecular formula is C17H18N2O2S2. The molecule has 1 aliphatic rings. The summed E-state index contributed by atoms with van der Waals surface area (Å²) in [6.07, 6.45) is 0.947. The summed E-state index contributed by atoms with van der Waals surface area (Å²) in [5.41, 5.74) is 2.54. The van der Waals surface area contributed by atoms with Crippen LogP contribution in [0, 0.1) is 0 Å². The molecule has 0 amide bonds. The van der Waals surface area contributed by atoms with Crippen molar-refractivity contribution in [2.45, 2.75) is 34.7 Å². The van der Waals surface area contributed by atoms with E-state index in [2.05, 4.69) is 30.4 Å². The third-order valence-corrected chi connectivity index (χ3v) is 4.70. The Balaban J connectivity index is 1.98. The van der Waals surface area contributed by atoms with Crippen LogP contribution in [-0.4, -0.2) is 21.2 Å². The molecule has 1 heterocycles. The number of thiol groups is 2. The van der Waals surface area contributed by atoms with Crippen LogP contribution in [0.4, 0.5) is 0 Å². The van der Waals surface area contributed by atoms with Crippen molar-refractivity contribution in [1.82, 2.24) is 5.06 Å². The first-order valence-electron chi connectivity index (χ1n) is 7.33. The van der Waals surface area contributed by atoms with E-state index < -0.39 is 0 Å². The SMILES string of the molecule is ON=C1C[C@H](c2cccc(S)c2)N(O)[C@H](c2cccc(S)c2)C1. The summed E-state index contributed by atoms with van der Waals surface area (Å²) in [5, 5.41) is 24.8. The zero-order chi connectivity index (χ0) is 16.4. The molecule has 6 heteroatoms. The highest BCUT2D eigenvalue weighted by molar-refractivity contribution is 7.80. The summed E-state index contributed by atoms with van der Waals surface area (Å²) >= 11 is 8.73. The second-order valence-electron chi connectivity index (χ2n) is 5.68.